The summed E-state index contributed by atoms with van der Waals surface area (Å²) in [5.41, 5.74) is -1.82. The van der Waals surface area contributed by atoms with Crippen molar-refractivity contribution in [1.82, 2.24) is 4.98 Å². The van der Waals surface area contributed by atoms with Gasteiger partial charge in [-0.2, -0.15) is 0 Å². The minimum Gasteiger partial charge on any atom is -0.402 e. The highest BCUT2D eigenvalue weighted by Crippen LogP contribution is 2.38. The van der Waals surface area contributed by atoms with E-state index in [2.05, 4.69) is 25.7 Å². The lowest BCUT2D eigenvalue weighted by Gasteiger charge is -2.15. The van der Waals surface area contributed by atoms with Crippen molar-refractivity contribution >= 4 is 22.2 Å². The Morgan fingerprint density at radius 1 is 1.41 bits per heavy atom. The molecule has 9 heteroatoms. The normalized spacial score (nSPS) is 11.7. The number of pyridine rings is 1. The van der Waals surface area contributed by atoms with Gasteiger partial charge in [0.1, 0.15) is 4.60 Å². The van der Waals surface area contributed by atoms with Gasteiger partial charge in [0, 0.05) is 11.8 Å². The summed E-state index contributed by atoms with van der Waals surface area (Å²) < 4.78 is 64.0. The van der Waals surface area contributed by atoms with E-state index in [-0.39, 0.29) is 6.29 Å². The number of aldehydes is 1. The van der Waals surface area contributed by atoms with Gasteiger partial charge in [-0.25, -0.2) is 13.8 Å². The highest BCUT2D eigenvalue weighted by molar-refractivity contribution is 9.10. The molecule has 0 radical (unpaired) electrons. The van der Waals surface area contributed by atoms with Crippen LogP contribution in [0.4, 0.5) is 22.0 Å². The van der Waals surface area contributed by atoms with Crippen LogP contribution in [0, 0.1) is 0 Å². The van der Waals surface area contributed by atoms with Gasteiger partial charge >= 0.3 is 6.36 Å². The zero-order valence-electron chi connectivity index (χ0n) is 7.76. The first kappa shape index (κ1) is 13.8. The van der Waals surface area contributed by atoms with Crippen LogP contribution in [0.25, 0.3) is 0 Å². The van der Waals surface area contributed by atoms with Crippen LogP contribution in [0.2, 0.25) is 0 Å². The van der Waals surface area contributed by atoms with Crippen molar-refractivity contribution in [3.8, 4) is 5.75 Å². The van der Waals surface area contributed by atoms with Gasteiger partial charge in [-0.15, -0.1) is 13.2 Å². The number of rotatable bonds is 3. The molecule has 0 aromatic carbocycles. The van der Waals surface area contributed by atoms with E-state index in [1.807, 2.05) is 0 Å². The Balaban J connectivity index is 3.39. The summed E-state index contributed by atoms with van der Waals surface area (Å²) in [6.45, 7) is 0. The second-order valence-electron chi connectivity index (χ2n) is 2.71. The van der Waals surface area contributed by atoms with E-state index in [4.69, 9.17) is 0 Å². The van der Waals surface area contributed by atoms with Crippen LogP contribution in [-0.4, -0.2) is 17.6 Å². The number of halogens is 6. The molecule has 1 aromatic heterocycles. The van der Waals surface area contributed by atoms with Crippen LogP contribution in [-0.2, 0) is 0 Å². The molecule has 0 fully saturated rings. The van der Waals surface area contributed by atoms with E-state index >= 15 is 0 Å². The number of carbonyl (C=O) groups is 1. The predicted molar refractivity (Wildman–Crippen MR) is 49.0 cm³/mol. The second-order valence-corrected chi connectivity index (χ2v) is 3.46. The lowest BCUT2D eigenvalue weighted by atomic mass is 10.1. The molecule has 0 bridgehead atoms. The average Bonchev–Trinajstić information content (AvgIpc) is 2.18. The number of nitrogens with zero attached hydrogens (tertiary/aromatic N) is 1. The number of ether oxygens (including phenoxy) is 1. The maximum absolute atomic E-state index is 12.6. The Labute approximate surface area is 99.7 Å². The van der Waals surface area contributed by atoms with Crippen molar-refractivity contribution in [3.63, 3.8) is 0 Å². The zero-order chi connectivity index (χ0) is 13.2. The van der Waals surface area contributed by atoms with Crippen LogP contribution in [0.1, 0.15) is 22.3 Å². The summed E-state index contributed by atoms with van der Waals surface area (Å²) in [6, 6.07) is 0. The molecule has 0 N–H and O–H groups in total. The van der Waals surface area contributed by atoms with Gasteiger partial charge < -0.3 is 4.74 Å². The van der Waals surface area contributed by atoms with E-state index in [9.17, 15) is 26.7 Å². The minimum atomic E-state index is -5.16. The quantitative estimate of drug-likeness (QED) is 0.486. The van der Waals surface area contributed by atoms with Crippen LogP contribution in [0.3, 0.4) is 0 Å². The highest BCUT2D eigenvalue weighted by atomic mass is 79.9. The number of carbonyl (C=O) groups excluding carboxylic acids is 1. The average molecular weight is 320 g/mol. The van der Waals surface area contributed by atoms with Crippen LogP contribution in [0.5, 0.6) is 5.75 Å². The first-order valence-corrected chi connectivity index (χ1v) is 4.73. The maximum atomic E-state index is 12.6. The summed E-state index contributed by atoms with van der Waals surface area (Å²) in [5, 5.41) is 0. The molecule has 0 aliphatic carbocycles. The number of aromatic nitrogens is 1. The van der Waals surface area contributed by atoms with Crippen molar-refractivity contribution in [2.75, 3.05) is 0 Å². The summed E-state index contributed by atoms with van der Waals surface area (Å²) in [7, 11) is 0. The molecular weight excluding hydrogens is 317 g/mol. The first-order chi connectivity index (χ1) is 7.76. The fraction of sp³-hybridized carbons (Fsp3) is 0.250. The van der Waals surface area contributed by atoms with Gasteiger partial charge in [0.25, 0.3) is 6.43 Å². The van der Waals surface area contributed by atoms with Crippen molar-refractivity contribution in [1.29, 1.82) is 0 Å². The summed E-state index contributed by atoms with van der Waals surface area (Å²) >= 11 is 2.55. The topological polar surface area (TPSA) is 39.2 Å². The minimum absolute atomic E-state index is 0.0236. The predicted octanol–water partition coefficient (Wildman–Crippen LogP) is 3.49. The highest BCUT2D eigenvalue weighted by Gasteiger charge is 2.35. The van der Waals surface area contributed by atoms with E-state index in [0.29, 0.717) is 0 Å². The molecule has 1 aromatic rings. The third-order valence-corrected chi connectivity index (χ3v) is 2.19. The molecule has 0 amide bonds. The van der Waals surface area contributed by atoms with Gasteiger partial charge in [0.05, 0.1) is 5.56 Å². The van der Waals surface area contributed by atoms with Crippen molar-refractivity contribution in [3.05, 3.63) is 21.9 Å². The lowest BCUT2D eigenvalue weighted by Crippen LogP contribution is -2.19. The summed E-state index contributed by atoms with van der Waals surface area (Å²) in [4.78, 5) is 13.7. The van der Waals surface area contributed by atoms with Crippen LogP contribution < -0.4 is 4.74 Å². The molecule has 3 nitrogen and oxygen atoms in total. The number of hydrogen-bond donors (Lipinski definition) is 0. The first-order valence-electron chi connectivity index (χ1n) is 3.93. The number of alkyl halides is 5. The smallest absolute Gasteiger partial charge is 0.402 e. The van der Waals surface area contributed by atoms with E-state index in [1.165, 1.54) is 0 Å². The molecule has 1 heterocycles. The molecule has 94 valence electrons. The Kier molecular flexibility index (Phi) is 4.02. The zero-order valence-corrected chi connectivity index (χ0v) is 9.35. The largest absolute Gasteiger partial charge is 0.573 e. The van der Waals surface area contributed by atoms with Gasteiger partial charge in [-0.05, 0) is 15.9 Å². The van der Waals surface area contributed by atoms with Gasteiger partial charge in [-0.1, -0.05) is 0 Å². The maximum Gasteiger partial charge on any atom is 0.573 e. The van der Waals surface area contributed by atoms with Crippen LogP contribution in [0.15, 0.2) is 10.8 Å². The van der Waals surface area contributed by atoms with Gasteiger partial charge in [0.15, 0.2) is 12.0 Å². The fourth-order valence-electron chi connectivity index (χ4n) is 1.03. The standard InChI is InChI=1S/C8H3BrF5NO2/c9-6-5(17-8(12,13)14)4(7(10)11)3(2-16)1-15-6/h1-2,7H. The van der Waals surface area contributed by atoms with E-state index < -0.39 is 34.3 Å². The summed E-state index contributed by atoms with van der Waals surface area (Å²) in [5.74, 6) is -1.21. The molecule has 0 aliphatic rings. The molecule has 0 unspecified atom stereocenters. The number of hydrogen-bond acceptors (Lipinski definition) is 3. The van der Waals surface area contributed by atoms with Crippen molar-refractivity contribution in [2.24, 2.45) is 0 Å². The lowest BCUT2D eigenvalue weighted by molar-refractivity contribution is -0.275. The van der Waals surface area contributed by atoms with Gasteiger partial charge in [0.2, 0.25) is 0 Å². The Hall–Kier alpha value is -1.25. The van der Waals surface area contributed by atoms with E-state index in [1.54, 1.807) is 0 Å². The molecule has 0 spiro atoms. The molecule has 0 aliphatic heterocycles. The molecule has 0 saturated carbocycles. The fourth-order valence-corrected chi connectivity index (χ4v) is 1.43. The summed E-state index contributed by atoms with van der Waals surface area (Å²) in [6.07, 6.45) is -7.76. The Bertz CT molecular complexity index is 435. The van der Waals surface area contributed by atoms with Crippen molar-refractivity contribution in [2.45, 2.75) is 12.8 Å². The van der Waals surface area contributed by atoms with Crippen LogP contribution >= 0.6 is 15.9 Å². The molecular formula is C8H3BrF5NO2. The monoisotopic (exact) mass is 319 g/mol. The van der Waals surface area contributed by atoms with Crippen molar-refractivity contribution < 1.29 is 31.5 Å². The second kappa shape index (κ2) is 4.94. The SMILES string of the molecule is O=Cc1cnc(Br)c(OC(F)(F)F)c1C(F)F. The van der Waals surface area contributed by atoms with E-state index in [0.717, 1.165) is 6.20 Å². The molecule has 1 rings (SSSR count). The van der Waals surface area contributed by atoms with Gasteiger partial charge in [-0.3, -0.25) is 4.79 Å². The Morgan fingerprint density at radius 3 is 2.41 bits per heavy atom. The third kappa shape index (κ3) is 3.35. The molecule has 0 saturated heterocycles. The third-order valence-electron chi connectivity index (χ3n) is 1.62. The Morgan fingerprint density at radius 2 is 2.00 bits per heavy atom. The molecule has 0 atom stereocenters. The molecule has 17 heavy (non-hydrogen) atoms.